The Hall–Kier alpha value is -0.640. The highest BCUT2D eigenvalue weighted by molar-refractivity contribution is 7.91. The van der Waals surface area contributed by atoms with Gasteiger partial charge in [-0.15, -0.1) is 11.3 Å². The molecule has 1 aromatic rings. The highest BCUT2D eigenvalue weighted by atomic mass is 32.2. The summed E-state index contributed by atoms with van der Waals surface area (Å²) in [6.45, 7) is -1.09. The molecule has 0 saturated carbocycles. The van der Waals surface area contributed by atoms with Crippen LogP contribution in [0, 0.1) is 0 Å². The lowest BCUT2D eigenvalue weighted by Gasteiger charge is -2.14. The zero-order valence-corrected chi connectivity index (χ0v) is 9.36. The average Bonchev–Trinajstić information content (AvgIpc) is 2.65. The summed E-state index contributed by atoms with van der Waals surface area (Å²) in [5.74, 6) is 0. The van der Waals surface area contributed by atoms with E-state index in [9.17, 15) is 21.6 Å². The van der Waals surface area contributed by atoms with E-state index in [1.165, 1.54) is 17.5 Å². The summed E-state index contributed by atoms with van der Waals surface area (Å²) in [5, 5.41) is 10.1. The van der Waals surface area contributed by atoms with E-state index >= 15 is 0 Å². The zero-order valence-electron chi connectivity index (χ0n) is 7.73. The smallest absolute Gasteiger partial charge is 0.382 e. The highest BCUT2D eigenvalue weighted by Crippen LogP contribution is 2.20. The van der Waals surface area contributed by atoms with Gasteiger partial charge in [0.2, 0.25) is 10.0 Å². The Balaban J connectivity index is 2.63. The Morgan fingerprint density at radius 1 is 1.50 bits per heavy atom. The van der Waals surface area contributed by atoms with E-state index in [1.54, 1.807) is 4.72 Å². The molecule has 9 heteroatoms. The largest absolute Gasteiger partial charge is 0.415 e. The van der Waals surface area contributed by atoms with Gasteiger partial charge in [0.1, 0.15) is 4.21 Å². The van der Waals surface area contributed by atoms with Crippen molar-refractivity contribution in [3.63, 3.8) is 0 Å². The third kappa shape index (κ3) is 3.44. The molecule has 0 aliphatic carbocycles. The fourth-order valence-electron chi connectivity index (χ4n) is 0.792. The zero-order chi connectivity index (χ0) is 12.4. The molecule has 0 saturated heterocycles. The van der Waals surface area contributed by atoms with E-state index in [-0.39, 0.29) is 4.21 Å². The molecule has 0 aromatic carbocycles. The number of rotatable bonds is 4. The number of alkyl halides is 3. The summed E-state index contributed by atoms with van der Waals surface area (Å²) in [6, 6.07) is 2.71. The predicted octanol–water partition coefficient (Wildman–Crippen LogP) is 0.950. The van der Waals surface area contributed by atoms with E-state index in [0.717, 1.165) is 11.3 Å². The number of hydrogen-bond acceptors (Lipinski definition) is 4. The van der Waals surface area contributed by atoms with Crippen LogP contribution in [0.2, 0.25) is 0 Å². The molecule has 92 valence electrons. The van der Waals surface area contributed by atoms with Gasteiger partial charge in [0.05, 0.1) is 0 Å². The second-order valence-corrected chi connectivity index (χ2v) is 5.78. The molecule has 16 heavy (non-hydrogen) atoms. The number of thiophene rings is 1. The first-order valence-corrected chi connectivity index (χ1v) is 6.38. The molecule has 0 amide bonds. The number of halogens is 3. The topological polar surface area (TPSA) is 66.4 Å². The Morgan fingerprint density at radius 2 is 2.12 bits per heavy atom. The lowest BCUT2D eigenvalue weighted by molar-refractivity contribution is -0.200. The molecule has 0 fully saturated rings. The van der Waals surface area contributed by atoms with Gasteiger partial charge in [-0.05, 0) is 11.4 Å². The third-order valence-corrected chi connectivity index (χ3v) is 4.43. The van der Waals surface area contributed by atoms with Crippen LogP contribution in [0.5, 0.6) is 0 Å². The molecule has 0 unspecified atom stereocenters. The highest BCUT2D eigenvalue weighted by Gasteiger charge is 2.38. The molecular formula is C7H8F3NO3S2. The maximum atomic E-state index is 11.9. The van der Waals surface area contributed by atoms with Gasteiger partial charge in [0.15, 0.2) is 6.10 Å². The quantitative estimate of drug-likeness (QED) is 0.859. The molecule has 1 heterocycles. The third-order valence-electron chi connectivity index (χ3n) is 1.60. The lowest BCUT2D eigenvalue weighted by Crippen LogP contribution is -2.40. The summed E-state index contributed by atoms with van der Waals surface area (Å²) >= 11 is 0.876. The van der Waals surface area contributed by atoms with Gasteiger partial charge in [-0.2, -0.15) is 13.2 Å². The Bertz CT molecular complexity index is 426. The summed E-state index contributed by atoms with van der Waals surface area (Å²) in [7, 11) is -3.96. The first kappa shape index (κ1) is 13.4. The van der Waals surface area contributed by atoms with Gasteiger partial charge in [-0.1, -0.05) is 6.07 Å². The van der Waals surface area contributed by atoms with Crippen molar-refractivity contribution in [3.05, 3.63) is 17.5 Å². The standard InChI is InChI=1S/C7H8F3NO3S2/c8-7(9,10)5(12)4-11-16(13,14)6-2-1-3-15-6/h1-3,5,11-12H,4H2/t5-/m0/s1. The van der Waals surface area contributed by atoms with Crippen LogP contribution >= 0.6 is 11.3 Å². The van der Waals surface area contributed by atoms with E-state index in [0.29, 0.717) is 0 Å². The molecule has 1 aromatic heterocycles. The first-order chi connectivity index (χ1) is 7.23. The van der Waals surface area contributed by atoms with Crippen molar-refractivity contribution in [3.8, 4) is 0 Å². The van der Waals surface area contributed by atoms with Crippen LogP contribution in [0.1, 0.15) is 0 Å². The molecule has 0 aliphatic heterocycles. The molecule has 1 atom stereocenters. The van der Waals surface area contributed by atoms with Crippen molar-refractivity contribution >= 4 is 21.4 Å². The van der Waals surface area contributed by atoms with Gasteiger partial charge in [-0.3, -0.25) is 0 Å². The number of aliphatic hydroxyl groups excluding tert-OH is 1. The normalized spacial score (nSPS) is 15.0. The SMILES string of the molecule is O=S(=O)(NC[C@H](O)C(F)(F)F)c1cccs1. The number of sulfonamides is 1. The van der Waals surface area contributed by atoms with Crippen LogP contribution in [0.25, 0.3) is 0 Å². The Morgan fingerprint density at radius 3 is 2.56 bits per heavy atom. The lowest BCUT2D eigenvalue weighted by atomic mass is 10.4. The first-order valence-electron chi connectivity index (χ1n) is 4.01. The fraction of sp³-hybridized carbons (Fsp3) is 0.429. The maximum Gasteiger partial charge on any atom is 0.415 e. The van der Waals surface area contributed by atoms with Crippen LogP contribution in [0.3, 0.4) is 0 Å². The van der Waals surface area contributed by atoms with Gasteiger partial charge < -0.3 is 5.11 Å². The van der Waals surface area contributed by atoms with Gasteiger partial charge >= 0.3 is 6.18 Å². The van der Waals surface area contributed by atoms with Crippen LogP contribution in [0.15, 0.2) is 21.7 Å². The van der Waals surface area contributed by atoms with E-state index in [2.05, 4.69) is 0 Å². The van der Waals surface area contributed by atoms with Gasteiger partial charge in [0, 0.05) is 6.54 Å². The van der Waals surface area contributed by atoms with Crippen LogP contribution < -0.4 is 4.72 Å². The summed E-state index contributed by atoms with van der Waals surface area (Å²) < 4.78 is 59.9. The molecule has 4 nitrogen and oxygen atoms in total. The minimum Gasteiger partial charge on any atom is -0.382 e. The second kappa shape index (κ2) is 4.70. The Kier molecular flexibility index (Phi) is 3.94. The molecule has 2 N–H and O–H groups in total. The molecule has 0 spiro atoms. The second-order valence-electron chi connectivity index (χ2n) is 2.84. The Labute approximate surface area is 93.8 Å². The summed E-state index contributed by atoms with van der Waals surface area (Å²) in [5.41, 5.74) is 0. The molecule has 1 rings (SSSR count). The fourth-order valence-corrected chi connectivity index (χ4v) is 2.87. The monoisotopic (exact) mass is 275 g/mol. The van der Waals surface area contributed by atoms with E-state index in [4.69, 9.17) is 5.11 Å². The summed E-state index contributed by atoms with van der Waals surface area (Å²) in [4.78, 5) is 0. The van der Waals surface area contributed by atoms with Crippen molar-refractivity contribution in [2.75, 3.05) is 6.54 Å². The van der Waals surface area contributed by atoms with Crippen molar-refractivity contribution in [1.82, 2.24) is 4.72 Å². The van der Waals surface area contributed by atoms with Gasteiger partial charge in [-0.25, -0.2) is 13.1 Å². The van der Waals surface area contributed by atoms with Crippen molar-refractivity contribution < 1.29 is 26.7 Å². The van der Waals surface area contributed by atoms with E-state index < -0.39 is 28.8 Å². The van der Waals surface area contributed by atoms with Crippen LogP contribution in [-0.4, -0.2) is 32.3 Å². The van der Waals surface area contributed by atoms with Gasteiger partial charge in [0.25, 0.3) is 0 Å². The van der Waals surface area contributed by atoms with Crippen molar-refractivity contribution in [2.45, 2.75) is 16.5 Å². The molecule has 0 radical (unpaired) electrons. The van der Waals surface area contributed by atoms with Crippen LogP contribution in [-0.2, 0) is 10.0 Å². The average molecular weight is 275 g/mol. The van der Waals surface area contributed by atoms with Crippen molar-refractivity contribution in [1.29, 1.82) is 0 Å². The van der Waals surface area contributed by atoms with Crippen molar-refractivity contribution in [2.24, 2.45) is 0 Å². The number of hydrogen-bond donors (Lipinski definition) is 2. The molecule has 0 aliphatic rings. The number of nitrogens with one attached hydrogen (secondary N) is 1. The van der Waals surface area contributed by atoms with Crippen LogP contribution in [0.4, 0.5) is 13.2 Å². The molecule has 0 bridgehead atoms. The number of aliphatic hydroxyl groups is 1. The maximum absolute atomic E-state index is 11.9. The van der Waals surface area contributed by atoms with E-state index in [1.807, 2.05) is 0 Å². The summed E-state index contributed by atoms with van der Waals surface area (Å²) in [6.07, 6.45) is -7.54. The minimum absolute atomic E-state index is 0.0955. The minimum atomic E-state index is -4.84. The predicted molar refractivity (Wildman–Crippen MR) is 51.6 cm³/mol. The molecular weight excluding hydrogens is 267 g/mol.